The van der Waals surface area contributed by atoms with Crippen LogP contribution in [0.4, 0.5) is 5.13 Å². The summed E-state index contributed by atoms with van der Waals surface area (Å²) in [4.78, 5) is 47.5. The molecule has 0 unspecified atom stereocenters. The minimum Gasteiger partial charge on any atom is -0.478 e. The number of hydrogen-bond donors (Lipinski definition) is 6. The van der Waals surface area contributed by atoms with Crippen LogP contribution in [0.5, 0.6) is 0 Å². The molecule has 1 aliphatic carbocycles. The molecule has 2 aliphatic rings. The minimum atomic E-state index is -4.97. The molecule has 1 saturated heterocycles. The Balaban J connectivity index is 1.51. The lowest BCUT2D eigenvalue weighted by atomic mass is 9.98. The molecule has 0 bridgehead atoms. The molecule has 20 heteroatoms. The maximum Gasteiger partial charge on any atom is 0.362 e. The van der Waals surface area contributed by atoms with Gasteiger partial charge in [0.15, 0.2) is 10.8 Å². The van der Waals surface area contributed by atoms with Gasteiger partial charge in [-0.05, 0) is 19.5 Å². The molecule has 0 radical (unpaired) electrons. The summed E-state index contributed by atoms with van der Waals surface area (Å²) in [5, 5.41) is 28.2. The summed E-state index contributed by atoms with van der Waals surface area (Å²) >= 11 is 0.976. The van der Waals surface area contributed by atoms with Crippen molar-refractivity contribution in [2.24, 2.45) is 10.9 Å². The molecule has 2 amide bonds. The largest absolute Gasteiger partial charge is 0.478 e. The highest BCUT2D eigenvalue weighted by Crippen LogP contribution is 2.40. The average Bonchev–Trinajstić information content (AvgIpc) is 3.33. The second-order valence-corrected chi connectivity index (χ2v) is 10.9. The lowest BCUT2D eigenvalue weighted by molar-refractivity contribution is -0.153. The van der Waals surface area contributed by atoms with Crippen LogP contribution in [-0.4, -0.2) is 96.6 Å². The number of nitrogens with one attached hydrogen (secondary N) is 2. The number of thiazole rings is 1. The molecule has 2 aromatic rings. The van der Waals surface area contributed by atoms with Crippen molar-refractivity contribution in [2.75, 3.05) is 18.8 Å². The van der Waals surface area contributed by atoms with Gasteiger partial charge in [-0.1, -0.05) is 5.16 Å². The predicted octanol–water partition coefficient (Wildman–Crippen LogP) is -2.71. The van der Waals surface area contributed by atoms with Crippen molar-refractivity contribution >= 4 is 50.3 Å². The number of hydrogen-bond acceptors (Lipinski definition) is 14. The predicted molar refractivity (Wildman–Crippen MR) is 133 cm³/mol. The van der Waals surface area contributed by atoms with Crippen molar-refractivity contribution in [1.29, 1.82) is 0 Å². The van der Waals surface area contributed by atoms with Gasteiger partial charge in [-0.15, -0.1) is 11.3 Å². The van der Waals surface area contributed by atoms with Crippen LogP contribution in [0.15, 0.2) is 16.7 Å². The molecule has 1 aliphatic heterocycles. The summed E-state index contributed by atoms with van der Waals surface area (Å²) in [5.41, 5.74) is 9.52. The van der Waals surface area contributed by atoms with Gasteiger partial charge in [-0.2, -0.15) is 23.4 Å². The summed E-state index contributed by atoms with van der Waals surface area (Å²) in [7, 11) is -4.97. The number of carbonyl (C=O) groups is 3. The Labute approximate surface area is 225 Å². The number of oxime groups is 1. The topological polar surface area (TPSA) is 270 Å². The molecule has 1 saturated carbocycles. The number of aromatic nitrogens is 4. The highest BCUT2D eigenvalue weighted by Gasteiger charge is 2.56. The second kappa shape index (κ2) is 11.2. The molecule has 4 rings (SSSR count). The van der Waals surface area contributed by atoms with E-state index in [2.05, 4.69) is 31.0 Å². The quantitative estimate of drug-likeness (QED) is 0.0432. The normalized spacial score (nSPS) is 20.4. The van der Waals surface area contributed by atoms with Gasteiger partial charge >= 0.3 is 16.3 Å². The summed E-state index contributed by atoms with van der Waals surface area (Å²) < 4.78 is 33.5. The molecule has 3 heterocycles. The van der Waals surface area contributed by atoms with Crippen LogP contribution in [0.1, 0.15) is 30.7 Å². The Morgan fingerprint density at radius 2 is 2.10 bits per heavy atom. The highest BCUT2D eigenvalue weighted by molar-refractivity contribution is 7.84. The van der Waals surface area contributed by atoms with Crippen LogP contribution in [-0.2, 0) is 42.6 Å². The van der Waals surface area contributed by atoms with Gasteiger partial charge in [0.25, 0.3) is 11.8 Å². The van der Waals surface area contributed by atoms with Crippen LogP contribution in [0.3, 0.4) is 0 Å². The minimum absolute atomic E-state index is 0.0494. The Kier molecular flexibility index (Phi) is 8.11. The van der Waals surface area contributed by atoms with E-state index in [1.54, 1.807) is 0 Å². The standard InChI is InChI=1S/C19H26N10O8S2/c20-4-1-5-22-6-10-7-23-28(26-10)8-12-14(16(31)29(12)39(34,35)36)25-15(30)13(11-9-38-18(21)24-11)27-37-19(2-3-19)17(32)33/h7,9,12,14,22H,1-6,8,20H2,(H2,21,24)(H,25,30)(H,32,33)(H,34,35,36)/b27-13-/t12-,14+/m1/s1. The van der Waals surface area contributed by atoms with E-state index < -0.39 is 51.5 Å². The number of carboxylic acids is 1. The highest BCUT2D eigenvalue weighted by atomic mass is 32.2. The van der Waals surface area contributed by atoms with Crippen molar-refractivity contribution in [3.05, 3.63) is 23.0 Å². The number of rotatable bonds is 14. The van der Waals surface area contributed by atoms with E-state index in [9.17, 15) is 32.5 Å². The number of β-lactam (4-membered cyclic amide) rings is 1. The van der Waals surface area contributed by atoms with Crippen LogP contribution in [0.2, 0.25) is 0 Å². The number of nitrogens with two attached hydrogens (primary N) is 2. The first kappa shape index (κ1) is 28.3. The number of nitrogens with zero attached hydrogens (tertiary/aromatic N) is 6. The Hall–Kier alpha value is -3.72. The third-order valence-corrected chi connectivity index (χ3v) is 7.51. The van der Waals surface area contributed by atoms with E-state index in [1.807, 2.05) is 0 Å². The number of carboxylic acid groups (broad SMARTS) is 1. The molecule has 18 nitrogen and oxygen atoms in total. The molecule has 212 valence electrons. The Morgan fingerprint density at radius 3 is 2.69 bits per heavy atom. The van der Waals surface area contributed by atoms with Gasteiger partial charge in [0, 0.05) is 24.8 Å². The monoisotopic (exact) mass is 586 g/mol. The van der Waals surface area contributed by atoms with E-state index >= 15 is 0 Å². The summed E-state index contributed by atoms with van der Waals surface area (Å²) in [6.45, 7) is 1.23. The maximum absolute atomic E-state index is 13.2. The molecule has 2 aromatic heterocycles. The van der Waals surface area contributed by atoms with Crippen LogP contribution < -0.4 is 22.1 Å². The fourth-order valence-electron chi connectivity index (χ4n) is 3.65. The number of aliphatic carboxylic acids is 1. The number of anilines is 1. The first-order valence-electron chi connectivity index (χ1n) is 11.6. The van der Waals surface area contributed by atoms with Crippen molar-refractivity contribution in [3.63, 3.8) is 0 Å². The smallest absolute Gasteiger partial charge is 0.362 e. The van der Waals surface area contributed by atoms with Crippen LogP contribution >= 0.6 is 11.3 Å². The van der Waals surface area contributed by atoms with Gasteiger partial charge < -0.3 is 32.0 Å². The zero-order chi connectivity index (χ0) is 28.4. The van der Waals surface area contributed by atoms with E-state index in [4.69, 9.17) is 16.3 Å². The number of nitrogen functional groups attached to an aromatic ring is 1. The fraction of sp³-hybridized carbons (Fsp3) is 0.526. The summed E-state index contributed by atoms with van der Waals surface area (Å²) in [6, 6.07) is -2.73. The van der Waals surface area contributed by atoms with Gasteiger partial charge in [-0.3, -0.25) is 14.1 Å². The van der Waals surface area contributed by atoms with Gasteiger partial charge in [-0.25, -0.2) is 14.1 Å². The molecular formula is C19H26N10O8S2. The van der Waals surface area contributed by atoms with Crippen molar-refractivity contribution in [1.82, 2.24) is 34.9 Å². The lowest BCUT2D eigenvalue weighted by Crippen LogP contribution is -2.73. The van der Waals surface area contributed by atoms with Crippen LogP contribution in [0, 0.1) is 0 Å². The molecular weight excluding hydrogens is 560 g/mol. The van der Waals surface area contributed by atoms with Crippen LogP contribution in [0.25, 0.3) is 0 Å². The van der Waals surface area contributed by atoms with Gasteiger partial charge in [0.2, 0.25) is 5.60 Å². The van der Waals surface area contributed by atoms with E-state index in [0.717, 1.165) is 22.6 Å². The maximum atomic E-state index is 13.2. The molecule has 2 fully saturated rings. The molecule has 39 heavy (non-hydrogen) atoms. The molecule has 8 N–H and O–H groups in total. The van der Waals surface area contributed by atoms with E-state index in [0.29, 0.717) is 25.3 Å². The zero-order valence-electron chi connectivity index (χ0n) is 20.3. The first-order chi connectivity index (χ1) is 18.4. The lowest BCUT2D eigenvalue weighted by Gasteiger charge is -2.43. The third-order valence-electron chi connectivity index (χ3n) is 5.89. The van der Waals surface area contributed by atoms with Crippen molar-refractivity contribution in [3.8, 4) is 0 Å². The Morgan fingerprint density at radius 1 is 1.36 bits per heavy atom. The number of amides is 2. The van der Waals surface area contributed by atoms with Crippen molar-refractivity contribution in [2.45, 2.75) is 50.0 Å². The molecule has 0 spiro atoms. The Bertz CT molecular complexity index is 1390. The second-order valence-electron chi connectivity index (χ2n) is 8.74. The number of carbonyl (C=O) groups excluding carboxylic acids is 2. The molecule has 2 atom stereocenters. The van der Waals surface area contributed by atoms with Gasteiger partial charge in [0.1, 0.15) is 17.8 Å². The van der Waals surface area contributed by atoms with Gasteiger partial charge in [0.05, 0.1) is 18.4 Å². The average molecular weight is 587 g/mol. The summed E-state index contributed by atoms with van der Waals surface area (Å²) in [6.07, 6.45) is 2.54. The molecule has 0 aromatic carbocycles. The third kappa shape index (κ3) is 6.30. The fourth-order valence-corrected chi connectivity index (χ4v) is 5.07. The zero-order valence-corrected chi connectivity index (χ0v) is 21.9. The SMILES string of the molecule is NCCCNCc1cnn(C[C@@H]2[C@H](NC(=O)/C(=N\OC3(C(=O)O)CC3)c3csc(N)n3)C(=O)N2S(=O)(=O)O)n1. The first-order valence-corrected chi connectivity index (χ1v) is 13.8. The van der Waals surface area contributed by atoms with Crippen molar-refractivity contribution < 1.29 is 37.3 Å². The van der Waals surface area contributed by atoms with E-state index in [-0.39, 0.29) is 34.5 Å². The summed E-state index contributed by atoms with van der Waals surface area (Å²) in [5.74, 6) is -3.39. The van der Waals surface area contributed by atoms with E-state index in [1.165, 1.54) is 11.6 Å².